The summed E-state index contributed by atoms with van der Waals surface area (Å²) >= 11 is 1.21. The van der Waals surface area contributed by atoms with Crippen LogP contribution in [-0.4, -0.2) is 61.5 Å². The highest BCUT2D eigenvalue weighted by atomic mass is 32.1. The van der Waals surface area contributed by atoms with Crippen LogP contribution in [0.4, 0.5) is 17.1 Å². The number of hydrogen-bond acceptors (Lipinski definition) is 8. The molecule has 28 heavy (non-hydrogen) atoms. The number of methoxy groups -OCH3 is 1. The largest absolute Gasteiger partial charge is 0.465 e. The predicted octanol–water partition coefficient (Wildman–Crippen LogP) is 2.20. The number of anilines is 2. The Hall–Kier alpha value is -2.98. The second-order valence-corrected chi connectivity index (χ2v) is 7.13. The fraction of sp³-hybridized carbons (Fsp3) is 0.333. The molecule has 1 N–H and O–H groups in total. The van der Waals surface area contributed by atoms with Crippen molar-refractivity contribution in [2.45, 2.75) is 0 Å². The topological polar surface area (TPSA) is 105 Å². The molecule has 9 nitrogen and oxygen atoms in total. The number of amides is 1. The Labute approximate surface area is 165 Å². The molecule has 0 bridgehead atoms. The highest BCUT2D eigenvalue weighted by Gasteiger charge is 2.24. The average molecular weight is 404 g/mol. The molecule has 1 aromatic carbocycles. The van der Waals surface area contributed by atoms with Gasteiger partial charge in [0, 0.05) is 32.2 Å². The molecule has 0 radical (unpaired) electrons. The predicted molar refractivity (Wildman–Crippen MR) is 106 cm³/mol. The van der Waals surface area contributed by atoms with E-state index in [2.05, 4.69) is 5.32 Å². The minimum atomic E-state index is -0.483. The first-order valence-corrected chi connectivity index (χ1v) is 9.54. The monoisotopic (exact) mass is 404 g/mol. The standard InChI is InChI=1S/C18H20N4O5S/c1-27-18(24)17-13(6-11-28-17)19-16(23)12-20-7-9-21(10-8-20)14-4-2-3-5-15(14)22(25)26/h2-6,11H,7-10,12H2,1H3,(H,19,23). The third-order valence-electron chi connectivity index (χ3n) is 4.47. The minimum Gasteiger partial charge on any atom is -0.465 e. The van der Waals surface area contributed by atoms with Crippen molar-refractivity contribution in [3.8, 4) is 0 Å². The number of rotatable bonds is 6. The number of piperazine rings is 1. The van der Waals surface area contributed by atoms with E-state index in [1.165, 1.54) is 24.5 Å². The quantitative estimate of drug-likeness (QED) is 0.447. The van der Waals surface area contributed by atoms with Gasteiger partial charge in [0.1, 0.15) is 10.6 Å². The van der Waals surface area contributed by atoms with E-state index in [0.717, 1.165) is 0 Å². The lowest BCUT2D eigenvalue weighted by molar-refractivity contribution is -0.384. The lowest BCUT2D eigenvalue weighted by atomic mass is 10.2. The first kappa shape index (κ1) is 19.8. The second kappa shape index (κ2) is 8.81. The molecule has 3 rings (SSSR count). The molecule has 0 atom stereocenters. The van der Waals surface area contributed by atoms with Crippen LogP contribution < -0.4 is 10.2 Å². The third-order valence-corrected chi connectivity index (χ3v) is 5.36. The molecule has 1 aromatic heterocycles. The summed E-state index contributed by atoms with van der Waals surface area (Å²) in [5, 5.41) is 15.7. The molecular weight excluding hydrogens is 384 g/mol. The van der Waals surface area contributed by atoms with E-state index in [0.29, 0.717) is 42.4 Å². The number of nitrogens with zero attached hydrogens (tertiary/aromatic N) is 3. The van der Waals surface area contributed by atoms with Gasteiger partial charge in [0.05, 0.1) is 24.3 Å². The molecule has 0 aliphatic carbocycles. The summed E-state index contributed by atoms with van der Waals surface area (Å²) in [6, 6.07) is 8.33. The van der Waals surface area contributed by atoms with Crippen LogP contribution in [-0.2, 0) is 9.53 Å². The number of carbonyl (C=O) groups is 2. The van der Waals surface area contributed by atoms with Gasteiger partial charge in [-0.1, -0.05) is 12.1 Å². The number of carbonyl (C=O) groups excluding carboxylic acids is 2. The molecule has 1 fully saturated rings. The van der Waals surface area contributed by atoms with Gasteiger partial charge in [0.25, 0.3) is 5.69 Å². The number of nitro benzene ring substituents is 1. The van der Waals surface area contributed by atoms with Crippen LogP contribution in [0.3, 0.4) is 0 Å². The van der Waals surface area contributed by atoms with Gasteiger partial charge in [0.15, 0.2) is 0 Å². The number of esters is 1. The Morgan fingerprint density at radius 1 is 1.21 bits per heavy atom. The highest BCUT2D eigenvalue weighted by molar-refractivity contribution is 7.12. The number of ether oxygens (including phenoxy) is 1. The second-order valence-electron chi connectivity index (χ2n) is 6.21. The number of benzene rings is 1. The first-order chi connectivity index (χ1) is 13.5. The molecule has 1 aliphatic rings. The Kier molecular flexibility index (Phi) is 6.22. The van der Waals surface area contributed by atoms with Crippen molar-refractivity contribution in [2.24, 2.45) is 0 Å². The number of thiophene rings is 1. The van der Waals surface area contributed by atoms with Gasteiger partial charge >= 0.3 is 5.97 Å². The zero-order valence-electron chi connectivity index (χ0n) is 15.3. The van der Waals surface area contributed by atoms with E-state index in [1.807, 2.05) is 9.80 Å². The normalized spacial score (nSPS) is 14.5. The van der Waals surface area contributed by atoms with E-state index in [1.54, 1.807) is 29.6 Å². The summed E-state index contributed by atoms with van der Waals surface area (Å²) < 4.78 is 4.70. The molecule has 0 spiro atoms. The zero-order chi connectivity index (χ0) is 20.1. The van der Waals surface area contributed by atoms with Crippen LogP contribution in [0.5, 0.6) is 0 Å². The number of nitro groups is 1. The number of nitrogens with one attached hydrogen (secondary N) is 1. The van der Waals surface area contributed by atoms with Crippen molar-refractivity contribution < 1.29 is 19.2 Å². The lowest BCUT2D eigenvalue weighted by Crippen LogP contribution is -2.48. The fourth-order valence-electron chi connectivity index (χ4n) is 3.08. The van der Waals surface area contributed by atoms with E-state index < -0.39 is 5.97 Å². The van der Waals surface area contributed by atoms with E-state index in [9.17, 15) is 19.7 Å². The summed E-state index contributed by atoms with van der Waals surface area (Å²) in [5.41, 5.74) is 1.12. The van der Waals surface area contributed by atoms with Gasteiger partial charge in [-0.05, 0) is 17.5 Å². The summed E-state index contributed by atoms with van der Waals surface area (Å²) in [6.45, 7) is 2.56. The molecule has 2 heterocycles. The first-order valence-electron chi connectivity index (χ1n) is 8.66. The zero-order valence-corrected chi connectivity index (χ0v) is 16.1. The van der Waals surface area contributed by atoms with Crippen molar-refractivity contribution in [2.75, 3.05) is 50.1 Å². The van der Waals surface area contributed by atoms with Crippen molar-refractivity contribution in [3.05, 3.63) is 50.7 Å². The van der Waals surface area contributed by atoms with Gasteiger partial charge in [0.2, 0.25) is 5.91 Å². The summed E-state index contributed by atoms with van der Waals surface area (Å²) in [6.07, 6.45) is 0. The van der Waals surface area contributed by atoms with Crippen LogP contribution in [0.25, 0.3) is 0 Å². The van der Waals surface area contributed by atoms with Crippen LogP contribution in [0.2, 0.25) is 0 Å². The maximum absolute atomic E-state index is 12.3. The van der Waals surface area contributed by atoms with Crippen molar-refractivity contribution >= 4 is 40.3 Å². The maximum atomic E-state index is 12.3. The minimum absolute atomic E-state index is 0.0847. The van der Waals surface area contributed by atoms with Gasteiger partial charge in [-0.15, -0.1) is 11.3 Å². The van der Waals surface area contributed by atoms with Crippen LogP contribution in [0.15, 0.2) is 35.7 Å². The SMILES string of the molecule is COC(=O)c1sccc1NC(=O)CN1CCN(c2ccccc2[N+](=O)[O-])CC1. The van der Waals surface area contributed by atoms with E-state index in [-0.39, 0.29) is 23.1 Å². The Morgan fingerprint density at radius 2 is 1.93 bits per heavy atom. The molecule has 1 amide bonds. The van der Waals surface area contributed by atoms with Crippen molar-refractivity contribution in [1.82, 2.24) is 4.90 Å². The van der Waals surface area contributed by atoms with Gasteiger partial charge < -0.3 is 15.0 Å². The van der Waals surface area contributed by atoms with Crippen molar-refractivity contribution in [3.63, 3.8) is 0 Å². The molecule has 1 saturated heterocycles. The van der Waals surface area contributed by atoms with Crippen LogP contribution in [0, 0.1) is 10.1 Å². The smallest absolute Gasteiger partial charge is 0.350 e. The maximum Gasteiger partial charge on any atom is 0.350 e. The Balaban J connectivity index is 1.55. The average Bonchev–Trinajstić information content (AvgIpc) is 3.15. The molecular formula is C18H20N4O5S. The van der Waals surface area contributed by atoms with E-state index in [4.69, 9.17) is 4.74 Å². The van der Waals surface area contributed by atoms with Gasteiger partial charge in [-0.25, -0.2) is 4.79 Å². The molecule has 1 aliphatic heterocycles. The molecule has 10 heteroatoms. The molecule has 0 saturated carbocycles. The van der Waals surface area contributed by atoms with E-state index >= 15 is 0 Å². The third kappa shape index (κ3) is 4.46. The van der Waals surface area contributed by atoms with Crippen LogP contribution >= 0.6 is 11.3 Å². The summed E-state index contributed by atoms with van der Waals surface area (Å²) in [7, 11) is 1.30. The van der Waals surface area contributed by atoms with Crippen molar-refractivity contribution in [1.29, 1.82) is 0 Å². The molecule has 2 aromatic rings. The Morgan fingerprint density at radius 3 is 2.61 bits per heavy atom. The van der Waals surface area contributed by atoms with Crippen LogP contribution in [0.1, 0.15) is 9.67 Å². The number of para-hydroxylation sites is 2. The van der Waals surface area contributed by atoms with Gasteiger partial charge in [-0.3, -0.25) is 19.8 Å². The lowest BCUT2D eigenvalue weighted by Gasteiger charge is -2.35. The fourth-order valence-corrected chi connectivity index (χ4v) is 3.85. The Bertz CT molecular complexity index is 876. The molecule has 148 valence electrons. The summed E-state index contributed by atoms with van der Waals surface area (Å²) in [5.74, 6) is -0.703. The summed E-state index contributed by atoms with van der Waals surface area (Å²) in [4.78, 5) is 39.1. The highest BCUT2D eigenvalue weighted by Crippen LogP contribution is 2.28. The molecule has 0 unspecified atom stereocenters. The van der Waals surface area contributed by atoms with Gasteiger partial charge in [-0.2, -0.15) is 0 Å². The number of hydrogen-bond donors (Lipinski definition) is 1.